The van der Waals surface area contributed by atoms with Crippen molar-refractivity contribution in [1.82, 2.24) is 24.9 Å². The van der Waals surface area contributed by atoms with Gasteiger partial charge in [0, 0.05) is 48.0 Å². The van der Waals surface area contributed by atoms with Gasteiger partial charge < -0.3 is 8.83 Å². The highest BCUT2D eigenvalue weighted by Gasteiger charge is 2.20. The van der Waals surface area contributed by atoms with Crippen molar-refractivity contribution in [2.45, 2.75) is 0 Å². The van der Waals surface area contributed by atoms with Crippen LogP contribution in [0, 0.1) is 0 Å². The third-order valence-corrected chi connectivity index (χ3v) is 11.7. The molecule has 0 saturated heterocycles. The van der Waals surface area contributed by atoms with Crippen LogP contribution in [0.15, 0.2) is 173 Å². The minimum Gasteiger partial charge on any atom is -0.436 e. The summed E-state index contributed by atoms with van der Waals surface area (Å²) in [4.78, 5) is 25.2. The zero-order valence-electron chi connectivity index (χ0n) is 30.0. The Hall–Kier alpha value is -7.55. The molecule has 0 aliphatic heterocycles. The maximum Gasteiger partial charge on any atom is 0.227 e. The van der Waals surface area contributed by atoms with Gasteiger partial charge in [-0.2, -0.15) is 0 Å². The topological polar surface area (TPSA) is 90.7 Å². The lowest BCUT2D eigenvalue weighted by molar-refractivity contribution is 0.620. The molecule has 12 rings (SSSR count). The molecule has 0 fully saturated rings. The van der Waals surface area contributed by atoms with Crippen molar-refractivity contribution in [3.05, 3.63) is 164 Å². The van der Waals surface area contributed by atoms with Gasteiger partial charge in [-0.1, -0.05) is 103 Å². The van der Waals surface area contributed by atoms with Crippen LogP contribution < -0.4 is 0 Å². The van der Waals surface area contributed by atoms with Gasteiger partial charge in [0.1, 0.15) is 11.0 Å². The molecule has 0 atom stereocenters. The zero-order valence-corrected chi connectivity index (χ0v) is 30.9. The second-order valence-corrected chi connectivity index (χ2v) is 15.1. The highest BCUT2D eigenvalue weighted by molar-refractivity contribution is 7.26. The first kappa shape index (κ1) is 31.8. The maximum atomic E-state index is 6.57. The predicted octanol–water partition coefficient (Wildman–Crippen LogP) is 13.2. The number of thiophene rings is 1. The van der Waals surface area contributed by atoms with E-state index in [1.54, 1.807) is 11.3 Å². The molecular formula is C49H27N5O2S. The summed E-state index contributed by atoms with van der Waals surface area (Å²) in [5, 5.41) is 6.58. The molecule has 266 valence electrons. The Morgan fingerprint density at radius 3 is 1.95 bits per heavy atom. The summed E-state index contributed by atoms with van der Waals surface area (Å²) < 4.78 is 15.0. The van der Waals surface area contributed by atoms with E-state index in [0.29, 0.717) is 29.3 Å². The Kier molecular flexibility index (Phi) is 6.96. The fraction of sp³-hybridized carbons (Fsp3) is 0. The van der Waals surface area contributed by atoms with Crippen molar-refractivity contribution in [1.29, 1.82) is 0 Å². The number of hydrogen-bond donors (Lipinski definition) is 0. The summed E-state index contributed by atoms with van der Waals surface area (Å²) in [6.07, 6.45) is 0. The fourth-order valence-corrected chi connectivity index (χ4v) is 8.98. The summed E-state index contributed by atoms with van der Waals surface area (Å²) in [7, 11) is 0. The van der Waals surface area contributed by atoms with E-state index in [-0.39, 0.29) is 0 Å². The molecule has 0 aliphatic rings. The number of hydrogen-bond acceptors (Lipinski definition) is 8. The SMILES string of the molecule is c1ccc(-c2nc3ccc4sc5ccc6ccc(-c7nc(-c8cccc(-c9nc%10ccccc%10o9)c8)nc(-c8cccc9ccccc89)n7)cc6c5c4c3o2)cc1. The second-order valence-electron chi connectivity index (χ2n) is 14.0. The van der Waals surface area contributed by atoms with Gasteiger partial charge in [-0.15, -0.1) is 11.3 Å². The van der Waals surface area contributed by atoms with Crippen molar-refractivity contribution in [2.24, 2.45) is 0 Å². The molecule has 7 nitrogen and oxygen atoms in total. The monoisotopic (exact) mass is 749 g/mol. The molecule has 0 spiro atoms. The van der Waals surface area contributed by atoms with Crippen LogP contribution in [-0.2, 0) is 0 Å². The Bertz CT molecular complexity index is 3510. The highest BCUT2D eigenvalue weighted by atomic mass is 32.1. The van der Waals surface area contributed by atoms with Crippen molar-refractivity contribution in [2.75, 3.05) is 0 Å². The van der Waals surface area contributed by atoms with Crippen molar-refractivity contribution >= 4 is 75.3 Å². The van der Waals surface area contributed by atoms with Crippen LogP contribution in [0.1, 0.15) is 0 Å². The largest absolute Gasteiger partial charge is 0.436 e. The maximum absolute atomic E-state index is 6.57. The first-order valence-corrected chi connectivity index (χ1v) is 19.5. The molecule has 0 unspecified atom stereocenters. The zero-order chi connectivity index (χ0) is 37.5. The number of rotatable bonds is 5. The van der Waals surface area contributed by atoms with Crippen LogP contribution in [0.3, 0.4) is 0 Å². The summed E-state index contributed by atoms with van der Waals surface area (Å²) >= 11 is 1.76. The molecule has 12 aromatic rings. The quantitative estimate of drug-likeness (QED) is 0.173. The van der Waals surface area contributed by atoms with Crippen LogP contribution >= 0.6 is 11.3 Å². The molecule has 4 heterocycles. The van der Waals surface area contributed by atoms with Crippen LogP contribution in [0.4, 0.5) is 0 Å². The van der Waals surface area contributed by atoms with Gasteiger partial charge in [0.05, 0.1) is 0 Å². The molecule has 0 aliphatic carbocycles. The third kappa shape index (κ3) is 5.22. The first-order chi connectivity index (χ1) is 28.2. The normalized spacial score (nSPS) is 11.9. The molecule has 57 heavy (non-hydrogen) atoms. The predicted molar refractivity (Wildman–Crippen MR) is 230 cm³/mol. The third-order valence-electron chi connectivity index (χ3n) is 10.6. The molecule has 8 aromatic carbocycles. The Morgan fingerprint density at radius 1 is 0.386 bits per heavy atom. The lowest BCUT2D eigenvalue weighted by Crippen LogP contribution is -2.00. The number of oxazole rings is 2. The van der Waals surface area contributed by atoms with E-state index in [2.05, 4.69) is 72.8 Å². The Morgan fingerprint density at radius 2 is 1.04 bits per heavy atom. The van der Waals surface area contributed by atoms with Crippen molar-refractivity contribution in [3.63, 3.8) is 0 Å². The summed E-state index contributed by atoms with van der Waals surface area (Å²) in [6.45, 7) is 0. The van der Waals surface area contributed by atoms with E-state index in [0.717, 1.165) is 87.0 Å². The Balaban J connectivity index is 1.07. The first-order valence-electron chi connectivity index (χ1n) is 18.7. The number of aromatic nitrogens is 5. The van der Waals surface area contributed by atoms with Crippen LogP contribution in [0.25, 0.3) is 121 Å². The van der Waals surface area contributed by atoms with Crippen LogP contribution in [0.5, 0.6) is 0 Å². The second kappa shape index (κ2) is 12.5. The summed E-state index contributed by atoms with van der Waals surface area (Å²) in [5.41, 5.74) is 7.59. The van der Waals surface area contributed by atoms with Crippen molar-refractivity contribution in [3.8, 4) is 57.1 Å². The van der Waals surface area contributed by atoms with Crippen LogP contribution in [-0.4, -0.2) is 24.9 Å². The van der Waals surface area contributed by atoms with Gasteiger partial charge in [-0.05, 0) is 82.2 Å². The van der Waals surface area contributed by atoms with Crippen molar-refractivity contribution < 1.29 is 8.83 Å². The Labute approximate surface area is 328 Å². The molecule has 8 heteroatoms. The van der Waals surface area contributed by atoms with Gasteiger partial charge in [0.2, 0.25) is 11.8 Å². The van der Waals surface area contributed by atoms with Gasteiger partial charge in [0.25, 0.3) is 0 Å². The molecular weight excluding hydrogens is 723 g/mol. The average Bonchev–Trinajstić information content (AvgIpc) is 4.02. The summed E-state index contributed by atoms with van der Waals surface area (Å²) in [6, 6.07) is 55.5. The minimum atomic E-state index is 0.542. The van der Waals surface area contributed by atoms with E-state index in [1.807, 2.05) is 91.0 Å². The van der Waals surface area contributed by atoms with Gasteiger partial charge in [-0.3, -0.25) is 0 Å². The van der Waals surface area contributed by atoms with Crippen LogP contribution in [0.2, 0.25) is 0 Å². The lowest BCUT2D eigenvalue weighted by Gasteiger charge is -2.11. The number of fused-ring (bicyclic) bond motifs is 9. The number of para-hydroxylation sites is 2. The number of nitrogens with zero attached hydrogens (tertiary/aromatic N) is 5. The average molecular weight is 750 g/mol. The molecule has 0 bridgehead atoms. The van der Waals surface area contributed by atoms with E-state index in [4.69, 9.17) is 33.8 Å². The molecule has 4 aromatic heterocycles. The lowest BCUT2D eigenvalue weighted by atomic mass is 10.0. The van der Waals surface area contributed by atoms with E-state index in [1.165, 1.54) is 4.70 Å². The van der Waals surface area contributed by atoms with E-state index < -0.39 is 0 Å². The smallest absolute Gasteiger partial charge is 0.227 e. The minimum absolute atomic E-state index is 0.542. The molecule has 0 N–H and O–H groups in total. The van der Waals surface area contributed by atoms with Gasteiger partial charge in [0.15, 0.2) is 28.6 Å². The summed E-state index contributed by atoms with van der Waals surface area (Å²) in [5.74, 6) is 2.87. The molecule has 0 saturated carbocycles. The molecule has 0 amide bonds. The van der Waals surface area contributed by atoms with E-state index in [9.17, 15) is 0 Å². The molecule has 0 radical (unpaired) electrons. The van der Waals surface area contributed by atoms with E-state index >= 15 is 0 Å². The standard InChI is InChI=1S/C49H27N5O2S/c1-2-11-30(12-3-1)48-51-38-23-25-41-43(44(38)56-48)42-36-27-32(21-20-29(36)22-24-40(42)57-41)46-52-45(53-47(54-46)35-17-9-13-28-10-4-5-16-34(28)35)31-14-8-15-33(26-31)49-50-37-18-6-7-19-39(37)55-49/h1-27H. The fourth-order valence-electron chi connectivity index (χ4n) is 7.86. The van der Waals surface area contributed by atoms with Gasteiger partial charge >= 0.3 is 0 Å². The highest BCUT2D eigenvalue weighted by Crippen LogP contribution is 2.44. The van der Waals surface area contributed by atoms with Gasteiger partial charge in [-0.25, -0.2) is 24.9 Å². The number of benzene rings is 8.